The number of furan rings is 1. The molecule has 1 aromatic rings. The van der Waals surface area contributed by atoms with Gasteiger partial charge in [-0.15, -0.1) is 0 Å². The summed E-state index contributed by atoms with van der Waals surface area (Å²) in [6.07, 6.45) is 3.76. The zero-order chi connectivity index (χ0) is 12.1. The number of carbonyl (C=O) groups is 1. The smallest absolute Gasteiger partial charge is 0.220 e. The predicted octanol–water partition coefficient (Wildman–Crippen LogP) is 2.19. The summed E-state index contributed by atoms with van der Waals surface area (Å²) in [5.74, 6) is 1.08. The molecule has 1 amide bonds. The fourth-order valence-electron chi connectivity index (χ4n) is 1.56. The third-order valence-electron chi connectivity index (χ3n) is 2.63. The molecule has 0 bridgehead atoms. The highest BCUT2D eigenvalue weighted by atomic mass is 79.9. The first-order valence-corrected chi connectivity index (χ1v) is 6.77. The molecule has 2 rings (SSSR count). The number of nitrogens with one attached hydrogen (secondary N) is 2. The first-order chi connectivity index (χ1) is 8.24. The zero-order valence-electron chi connectivity index (χ0n) is 9.67. The van der Waals surface area contributed by atoms with Gasteiger partial charge in [-0.05, 0) is 53.9 Å². The summed E-state index contributed by atoms with van der Waals surface area (Å²) in [7, 11) is 0. The molecular weight excluding hydrogens is 284 g/mol. The minimum absolute atomic E-state index is 0.176. The van der Waals surface area contributed by atoms with E-state index < -0.39 is 0 Å². The maximum absolute atomic E-state index is 11.4. The third-order valence-corrected chi connectivity index (χ3v) is 3.05. The highest BCUT2D eigenvalue weighted by Gasteiger charge is 2.22. The Morgan fingerprint density at radius 1 is 1.47 bits per heavy atom. The summed E-state index contributed by atoms with van der Waals surface area (Å²) in [6.45, 7) is 1.53. The van der Waals surface area contributed by atoms with E-state index in [0.717, 1.165) is 36.2 Å². The Bertz CT molecular complexity index is 374. The minimum Gasteiger partial charge on any atom is -0.453 e. The molecule has 2 N–H and O–H groups in total. The maximum atomic E-state index is 11.4. The van der Waals surface area contributed by atoms with Crippen molar-refractivity contribution < 1.29 is 9.21 Å². The monoisotopic (exact) mass is 300 g/mol. The van der Waals surface area contributed by atoms with Gasteiger partial charge in [-0.2, -0.15) is 0 Å². The van der Waals surface area contributed by atoms with Crippen molar-refractivity contribution in [2.45, 2.75) is 38.3 Å². The van der Waals surface area contributed by atoms with E-state index >= 15 is 0 Å². The van der Waals surface area contributed by atoms with E-state index in [2.05, 4.69) is 26.6 Å². The minimum atomic E-state index is 0.176. The lowest BCUT2D eigenvalue weighted by atomic mass is 10.3. The fraction of sp³-hybridized carbons (Fsp3) is 0.583. The van der Waals surface area contributed by atoms with Crippen molar-refractivity contribution in [2.24, 2.45) is 0 Å². The van der Waals surface area contributed by atoms with Gasteiger partial charge in [0.1, 0.15) is 5.76 Å². The molecule has 5 heteroatoms. The normalized spacial score (nSPS) is 14.9. The van der Waals surface area contributed by atoms with E-state index in [4.69, 9.17) is 4.42 Å². The van der Waals surface area contributed by atoms with Gasteiger partial charge in [-0.1, -0.05) is 0 Å². The second kappa shape index (κ2) is 6.21. The van der Waals surface area contributed by atoms with Crippen LogP contribution in [0.2, 0.25) is 0 Å². The Labute approximate surface area is 109 Å². The molecule has 0 saturated heterocycles. The average molecular weight is 301 g/mol. The van der Waals surface area contributed by atoms with Crippen LogP contribution in [0, 0.1) is 0 Å². The van der Waals surface area contributed by atoms with Crippen LogP contribution in [-0.4, -0.2) is 18.5 Å². The van der Waals surface area contributed by atoms with Gasteiger partial charge < -0.3 is 15.1 Å². The summed E-state index contributed by atoms with van der Waals surface area (Å²) >= 11 is 3.26. The molecule has 1 fully saturated rings. The Morgan fingerprint density at radius 2 is 2.29 bits per heavy atom. The molecule has 1 aliphatic rings. The molecular formula is C12H17BrN2O2. The number of hydrogen-bond acceptors (Lipinski definition) is 3. The van der Waals surface area contributed by atoms with Crippen LogP contribution >= 0.6 is 15.9 Å². The number of carbonyl (C=O) groups excluding carboxylic acids is 1. The van der Waals surface area contributed by atoms with Crippen molar-refractivity contribution in [3.05, 3.63) is 22.6 Å². The van der Waals surface area contributed by atoms with Gasteiger partial charge in [0, 0.05) is 12.5 Å². The van der Waals surface area contributed by atoms with Crippen molar-refractivity contribution in [1.29, 1.82) is 0 Å². The Hall–Kier alpha value is -0.810. The topological polar surface area (TPSA) is 54.3 Å². The molecule has 0 radical (unpaired) electrons. The van der Waals surface area contributed by atoms with Crippen LogP contribution < -0.4 is 10.6 Å². The third kappa shape index (κ3) is 4.91. The Kier molecular flexibility index (Phi) is 4.62. The SMILES string of the molecule is O=C(CCCNCc1ccc(Br)o1)NC1CC1. The summed E-state index contributed by atoms with van der Waals surface area (Å²) in [4.78, 5) is 11.4. The number of halogens is 1. The number of hydrogen-bond donors (Lipinski definition) is 2. The summed E-state index contributed by atoms with van der Waals surface area (Å²) in [6, 6.07) is 4.27. The zero-order valence-corrected chi connectivity index (χ0v) is 11.3. The molecule has 1 saturated carbocycles. The van der Waals surface area contributed by atoms with Crippen LogP contribution in [0.3, 0.4) is 0 Å². The lowest BCUT2D eigenvalue weighted by Crippen LogP contribution is -2.26. The van der Waals surface area contributed by atoms with Crippen LogP contribution in [0.15, 0.2) is 21.2 Å². The molecule has 0 aliphatic heterocycles. The number of amides is 1. The van der Waals surface area contributed by atoms with E-state index in [0.29, 0.717) is 19.0 Å². The highest BCUT2D eigenvalue weighted by Crippen LogP contribution is 2.18. The highest BCUT2D eigenvalue weighted by molar-refractivity contribution is 9.10. The summed E-state index contributed by atoms with van der Waals surface area (Å²) < 4.78 is 6.10. The van der Waals surface area contributed by atoms with Crippen molar-refractivity contribution in [3.63, 3.8) is 0 Å². The predicted molar refractivity (Wildman–Crippen MR) is 68.5 cm³/mol. The van der Waals surface area contributed by atoms with Crippen LogP contribution in [0.4, 0.5) is 0 Å². The molecule has 1 aromatic heterocycles. The van der Waals surface area contributed by atoms with Crippen molar-refractivity contribution in [3.8, 4) is 0 Å². The van der Waals surface area contributed by atoms with Crippen molar-refractivity contribution in [2.75, 3.05) is 6.54 Å². The fourth-order valence-corrected chi connectivity index (χ4v) is 1.90. The Balaban J connectivity index is 1.49. The van der Waals surface area contributed by atoms with Crippen molar-refractivity contribution >= 4 is 21.8 Å². The van der Waals surface area contributed by atoms with Crippen molar-refractivity contribution in [1.82, 2.24) is 10.6 Å². The van der Waals surface area contributed by atoms with E-state index in [1.165, 1.54) is 0 Å². The first kappa shape index (κ1) is 12.6. The largest absolute Gasteiger partial charge is 0.453 e. The van der Waals surface area contributed by atoms with E-state index in [9.17, 15) is 4.79 Å². The van der Waals surface area contributed by atoms with Gasteiger partial charge >= 0.3 is 0 Å². The van der Waals surface area contributed by atoms with Gasteiger partial charge in [0.15, 0.2) is 4.67 Å². The molecule has 17 heavy (non-hydrogen) atoms. The Morgan fingerprint density at radius 3 is 2.94 bits per heavy atom. The molecule has 1 aliphatic carbocycles. The molecule has 94 valence electrons. The van der Waals surface area contributed by atoms with Crippen LogP contribution in [-0.2, 0) is 11.3 Å². The van der Waals surface area contributed by atoms with Gasteiger partial charge in [-0.3, -0.25) is 4.79 Å². The molecule has 0 spiro atoms. The van der Waals surface area contributed by atoms with Crippen LogP contribution in [0.5, 0.6) is 0 Å². The van der Waals surface area contributed by atoms with Crippen LogP contribution in [0.25, 0.3) is 0 Å². The second-order valence-electron chi connectivity index (χ2n) is 4.33. The maximum Gasteiger partial charge on any atom is 0.220 e. The van der Waals surface area contributed by atoms with E-state index in [1.807, 2.05) is 12.1 Å². The summed E-state index contributed by atoms with van der Waals surface area (Å²) in [5.41, 5.74) is 0. The average Bonchev–Trinajstić information content (AvgIpc) is 3.00. The van der Waals surface area contributed by atoms with Gasteiger partial charge in [0.2, 0.25) is 5.91 Å². The van der Waals surface area contributed by atoms with Crippen LogP contribution in [0.1, 0.15) is 31.4 Å². The van der Waals surface area contributed by atoms with Gasteiger partial charge in [0.05, 0.1) is 6.54 Å². The second-order valence-corrected chi connectivity index (χ2v) is 5.11. The molecule has 0 unspecified atom stereocenters. The molecule has 1 heterocycles. The van der Waals surface area contributed by atoms with Gasteiger partial charge in [0.25, 0.3) is 0 Å². The lowest BCUT2D eigenvalue weighted by molar-refractivity contribution is -0.121. The lowest BCUT2D eigenvalue weighted by Gasteiger charge is -2.04. The van der Waals surface area contributed by atoms with Gasteiger partial charge in [-0.25, -0.2) is 0 Å². The quantitative estimate of drug-likeness (QED) is 0.759. The van der Waals surface area contributed by atoms with E-state index in [-0.39, 0.29) is 5.91 Å². The molecule has 0 aromatic carbocycles. The standard InChI is InChI=1S/C12H17BrN2O2/c13-11-6-5-10(17-11)8-14-7-1-2-12(16)15-9-3-4-9/h5-6,9,14H,1-4,7-8H2,(H,15,16). The van der Waals surface area contributed by atoms with E-state index in [1.54, 1.807) is 0 Å². The molecule has 4 nitrogen and oxygen atoms in total. The number of rotatable bonds is 7. The first-order valence-electron chi connectivity index (χ1n) is 5.98. The summed E-state index contributed by atoms with van der Waals surface area (Å²) in [5, 5.41) is 6.22. The molecule has 0 atom stereocenters.